The fourth-order valence-corrected chi connectivity index (χ4v) is 4.69. The van der Waals surface area contributed by atoms with Crippen molar-refractivity contribution in [1.82, 2.24) is 4.90 Å². The summed E-state index contributed by atoms with van der Waals surface area (Å²) in [5.41, 5.74) is -0.329. The molecule has 0 aromatic carbocycles. The molecule has 1 aliphatic carbocycles. The second kappa shape index (κ2) is 5.73. The van der Waals surface area contributed by atoms with Gasteiger partial charge in [-0.05, 0) is 19.3 Å². The normalized spacial score (nSPS) is 29.7. The van der Waals surface area contributed by atoms with Gasteiger partial charge in [-0.25, -0.2) is 4.79 Å². The average Bonchev–Trinajstić information content (AvgIpc) is 2.96. The number of hydrogen-bond acceptors (Lipinski definition) is 3. The average molecular weight is 285 g/mol. The number of carbonyl (C=O) groups excluding carboxylic acids is 1. The third-order valence-corrected chi connectivity index (χ3v) is 5.73. The van der Waals surface area contributed by atoms with Gasteiger partial charge in [-0.15, -0.1) is 11.8 Å². The van der Waals surface area contributed by atoms with Crippen LogP contribution in [0, 0.1) is 5.41 Å². The maximum absolute atomic E-state index is 12.8. The summed E-state index contributed by atoms with van der Waals surface area (Å²) in [5.74, 6) is -0.260. The van der Waals surface area contributed by atoms with Crippen molar-refractivity contribution in [3.8, 4) is 0 Å². The van der Waals surface area contributed by atoms with Gasteiger partial charge in [0.1, 0.15) is 6.04 Å². The van der Waals surface area contributed by atoms with E-state index in [-0.39, 0.29) is 16.7 Å². The standard InChI is InChI=1S/C14H23NO3S/c1-3-6-11-15(10(9-19-11)12(16)17)13(18)14(2)7-4-5-8-14/h10-11H,3-9H2,1-2H3,(H,16,17). The zero-order valence-electron chi connectivity index (χ0n) is 11.7. The molecule has 0 bridgehead atoms. The van der Waals surface area contributed by atoms with Crippen molar-refractivity contribution in [3.63, 3.8) is 0 Å². The lowest BCUT2D eigenvalue weighted by molar-refractivity contribution is -0.153. The Balaban J connectivity index is 2.20. The molecule has 108 valence electrons. The minimum atomic E-state index is -0.860. The number of rotatable bonds is 4. The molecule has 0 radical (unpaired) electrons. The summed E-state index contributed by atoms with van der Waals surface area (Å²) in [6, 6.07) is -0.633. The van der Waals surface area contributed by atoms with E-state index in [0.29, 0.717) is 5.75 Å². The van der Waals surface area contributed by atoms with Crippen LogP contribution >= 0.6 is 11.8 Å². The van der Waals surface area contributed by atoms with Gasteiger partial charge in [0.2, 0.25) is 5.91 Å². The first-order valence-corrected chi connectivity index (χ1v) is 8.21. The van der Waals surface area contributed by atoms with Gasteiger partial charge >= 0.3 is 5.97 Å². The van der Waals surface area contributed by atoms with Crippen LogP contribution in [-0.2, 0) is 9.59 Å². The van der Waals surface area contributed by atoms with Gasteiger partial charge in [0, 0.05) is 11.2 Å². The van der Waals surface area contributed by atoms with Gasteiger partial charge in [-0.3, -0.25) is 4.79 Å². The van der Waals surface area contributed by atoms with Crippen LogP contribution in [0.1, 0.15) is 52.4 Å². The van der Waals surface area contributed by atoms with Gasteiger partial charge in [0.25, 0.3) is 0 Å². The van der Waals surface area contributed by atoms with Crippen LogP contribution in [0.4, 0.5) is 0 Å². The minimum absolute atomic E-state index is 0.0519. The van der Waals surface area contributed by atoms with Gasteiger partial charge < -0.3 is 10.0 Å². The topological polar surface area (TPSA) is 57.6 Å². The molecule has 4 nitrogen and oxygen atoms in total. The van der Waals surface area contributed by atoms with E-state index >= 15 is 0 Å². The second-order valence-corrected chi connectivity index (χ2v) is 7.12. The Bertz CT molecular complexity index is 366. The Kier molecular flexibility index (Phi) is 4.43. The lowest BCUT2D eigenvalue weighted by Gasteiger charge is -2.34. The predicted molar refractivity (Wildman–Crippen MR) is 76.0 cm³/mol. The van der Waals surface area contributed by atoms with Crippen LogP contribution in [-0.4, -0.2) is 39.1 Å². The van der Waals surface area contributed by atoms with E-state index in [1.165, 1.54) is 0 Å². The molecular weight excluding hydrogens is 262 g/mol. The summed E-state index contributed by atoms with van der Waals surface area (Å²) in [6.45, 7) is 4.09. The number of amides is 1. The highest BCUT2D eigenvalue weighted by atomic mass is 32.2. The molecule has 2 rings (SSSR count). The van der Waals surface area contributed by atoms with Gasteiger partial charge in [0.15, 0.2) is 0 Å². The molecule has 1 heterocycles. The van der Waals surface area contributed by atoms with E-state index in [9.17, 15) is 14.7 Å². The van der Waals surface area contributed by atoms with E-state index in [4.69, 9.17) is 0 Å². The predicted octanol–water partition coefficient (Wildman–Crippen LogP) is 2.72. The van der Waals surface area contributed by atoms with Crippen molar-refractivity contribution >= 4 is 23.6 Å². The molecule has 2 unspecified atom stereocenters. The first kappa shape index (κ1) is 14.7. The summed E-state index contributed by atoms with van der Waals surface area (Å²) in [7, 11) is 0. The Labute approximate surface area is 118 Å². The largest absolute Gasteiger partial charge is 0.480 e. The van der Waals surface area contributed by atoms with Crippen LogP contribution in [0.25, 0.3) is 0 Å². The van der Waals surface area contributed by atoms with Gasteiger partial charge in [0.05, 0.1) is 5.37 Å². The van der Waals surface area contributed by atoms with E-state index in [1.807, 2.05) is 6.92 Å². The lowest BCUT2D eigenvalue weighted by Crippen LogP contribution is -2.50. The molecule has 1 amide bonds. The molecule has 0 spiro atoms. The highest BCUT2D eigenvalue weighted by molar-refractivity contribution is 8.00. The van der Waals surface area contributed by atoms with Crippen molar-refractivity contribution < 1.29 is 14.7 Å². The van der Waals surface area contributed by atoms with E-state index < -0.39 is 12.0 Å². The maximum atomic E-state index is 12.8. The number of nitrogens with zero attached hydrogens (tertiary/aromatic N) is 1. The van der Waals surface area contributed by atoms with E-state index in [0.717, 1.165) is 38.5 Å². The van der Waals surface area contributed by atoms with Crippen molar-refractivity contribution in [2.75, 3.05) is 5.75 Å². The summed E-state index contributed by atoms with van der Waals surface area (Å²) in [4.78, 5) is 25.9. The third-order valence-electron chi connectivity index (χ3n) is 4.37. The first-order chi connectivity index (χ1) is 8.99. The molecule has 2 fully saturated rings. The van der Waals surface area contributed by atoms with Crippen LogP contribution in [0.15, 0.2) is 0 Å². The van der Waals surface area contributed by atoms with Gasteiger partial charge in [-0.2, -0.15) is 0 Å². The molecule has 5 heteroatoms. The van der Waals surface area contributed by atoms with Gasteiger partial charge in [-0.1, -0.05) is 33.1 Å². The number of thioether (sulfide) groups is 1. The monoisotopic (exact) mass is 285 g/mol. The lowest BCUT2D eigenvalue weighted by atomic mass is 9.86. The highest BCUT2D eigenvalue weighted by Gasteiger charge is 2.48. The number of carboxylic acids is 1. The SMILES string of the molecule is CCCC1SCC(C(=O)O)N1C(=O)C1(C)CCCC1. The maximum Gasteiger partial charge on any atom is 0.327 e. The fraction of sp³-hybridized carbons (Fsp3) is 0.857. The fourth-order valence-electron chi connectivity index (χ4n) is 3.18. The molecule has 1 N–H and O–H groups in total. The quantitative estimate of drug-likeness (QED) is 0.863. The highest BCUT2D eigenvalue weighted by Crippen LogP contribution is 2.43. The molecule has 2 atom stereocenters. The molecule has 1 aliphatic heterocycles. The molecule has 19 heavy (non-hydrogen) atoms. The zero-order chi connectivity index (χ0) is 14.0. The van der Waals surface area contributed by atoms with Crippen LogP contribution in [0.2, 0.25) is 0 Å². The zero-order valence-corrected chi connectivity index (χ0v) is 12.5. The Morgan fingerprint density at radius 1 is 1.37 bits per heavy atom. The van der Waals surface area contributed by atoms with Crippen LogP contribution in [0.3, 0.4) is 0 Å². The summed E-state index contributed by atoms with van der Waals surface area (Å²) in [6.07, 6.45) is 5.83. The number of hydrogen-bond donors (Lipinski definition) is 1. The first-order valence-electron chi connectivity index (χ1n) is 7.17. The summed E-state index contributed by atoms with van der Waals surface area (Å²) in [5, 5.41) is 9.39. The van der Waals surface area contributed by atoms with Crippen LogP contribution < -0.4 is 0 Å². The third kappa shape index (κ3) is 2.76. The van der Waals surface area contributed by atoms with Crippen molar-refractivity contribution in [2.24, 2.45) is 5.41 Å². The molecule has 2 aliphatic rings. The molecule has 1 saturated carbocycles. The Morgan fingerprint density at radius 2 is 2.00 bits per heavy atom. The van der Waals surface area contributed by atoms with Crippen molar-refractivity contribution in [1.29, 1.82) is 0 Å². The molecule has 0 aromatic heterocycles. The summed E-state index contributed by atoms with van der Waals surface area (Å²) < 4.78 is 0. The molecule has 0 aromatic rings. The second-order valence-electron chi connectivity index (χ2n) is 5.91. The van der Waals surface area contributed by atoms with Crippen molar-refractivity contribution in [2.45, 2.75) is 63.8 Å². The minimum Gasteiger partial charge on any atom is -0.480 e. The van der Waals surface area contributed by atoms with Crippen molar-refractivity contribution in [3.05, 3.63) is 0 Å². The number of carbonyl (C=O) groups is 2. The summed E-state index contributed by atoms with van der Waals surface area (Å²) >= 11 is 1.62. The van der Waals surface area contributed by atoms with E-state index in [2.05, 4.69) is 6.92 Å². The molecular formula is C14H23NO3S. The van der Waals surface area contributed by atoms with Crippen LogP contribution in [0.5, 0.6) is 0 Å². The molecule has 1 saturated heterocycles. The smallest absolute Gasteiger partial charge is 0.327 e. The number of carboxylic acid groups (broad SMARTS) is 1. The van der Waals surface area contributed by atoms with E-state index in [1.54, 1.807) is 16.7 Å². The Hall–Kier alpha value is -0.710. The number of aliphatic carboxylic acids is 1. The Morgan fingerprint density at radius 3 is 2.53 bits per heavy atom.